The summed E-state index contributed by atoms with van der Waals surface area (Å²) in [5.41, 5.74) is 0. The first-order valence-corrected chi connectivity index (χ1v) is 8.74. The van der Waals surface area contributed by atoms with Gasteiger partial charge in [-0.1, -0.05) is 0 Å². The van der Waals surface area contributed by atoms with Crippen LogP contribution in [-0.2, 0) is 23.7 Å². The second kappa shape index (κ2) is 17.0. The number of rotatable bonds is 18. The van der Waals surface area contributed by atoms with Gasteiger partial charge in [0.15, 0.2) is 0 Å². The van der Waals surface area contributed by atoms with Crippen LogP contribution in [0.25, 0.3) is 0 Å². The van der Waals surface area contributed by atoms with E-state index in [0.717, 1.165) is 0 Å². The third-order valence-corrected chi connectivity index (χ3v) is 3.06. The molecule has 8 heteroatoms. The topological polar surface area (TPSA) is 95.8 Å². The van der Waals surface area contributed by atoms with Crippen molar-refractivity contribution in [1.82, 2.24) is 0 Å². The van der Waals surface area contributed by atoms with E-state index in [2.05, 4.69) is 0 Å². The fourth-order valence-corrected chi connectivity index (χ4v) is 1.81. The van der Waals surface area contributed by atoms with E-state index in [1.165, 1.54) is 0 Å². The minimum absolute atomic E-state index is 0.0295. The highest BCUT2D eigenvalue weighted by atomic mass is 16.6. The Bertz CT molecular complexity index is 412. The summed E-state index contributed by atoms with van der Waals surface area (Å²) in [5.74, 6) is 0.910. The number of hydrogen-bond acceptors (Lipinski definition) is 8. The molecule has 0 heterocycles. The second-order valence-corrected chi connectivity index (χ2v) is 5.13. The normalized spacial score (nSPS) is 11.0. The summed E-state index contributed by atoms with van der Waals surface area (Å²) in [5, 5.41) is 17.7. The summed E-state index contributed by atoms with van der Waals surface area (Å²) >= 11 is 0. The van der Waals surface area contributed by atoms with Crippen LogP contribution >= 0.6 is 0 Å². The number of ether oxygens (including phenoxy) is 6. The zero-order valence-electron chi connectivity index (χ0n) is 15.1. The highest BCUT2D eigenvalue weighted by Crippen LogP contribution is 2.15. The van der Waals surface area contributed by atoms with Crippen LogP contribution in [0, 0.1) is 0 Å². The standard InChI is InChI=1S/C18H30O8/c19-5-6-21-7-8-22-9-10-23-11-12-24-13-14-25-15-16-26-18-3-1-17(20)2-4-18/h1-4,19-20H,5-16H2. The van der Waals surface area contributed by atoms with Crippen LogP contribution in [-0.4, -0.2) is 89.5 Å². The van der Waals surface area contributed by atoms with Gasteiger partial charge in [-0.05, 0) is 24.3 Å². The number of aromatic hydroxyl groups is 1. The summed E-state index contributed by atoms with van der Waals surface area (Å²) in [6, 6.07) is 6.56. The number of aliphatic hydroxyl groups excluding tert-OH is 1. The van der Waals surface area contributed by atoms with E-state index in [0.29, 0.717) is 78.4 Å². The second-order valence-electron chi connectivity index (χ2n) is 5.13. The Hall–Kier alpha value is -1.42. The number of benzene rings is 1. The molecule has 0 aliphatic carbocycles. The maximum absolute atomic E-state index is 9.16. The molecule has 0 aromatic heterocycles. The summed E-state index contributed by atoms with van der Waals surface area (Å²) in [4.78, 5) is 0. The predicted octanol–water partition coefficient (Wildman–Crippen LogP) is 0.846. The Balaban J connectivity index is 1.72. The lowest BCUT2D eigenvalue weighted by atomic mass is 10.3. The Labute approximate surface area is 154 Å². The first kappa shape index (κ1) is 22.6. The first-order chi connectivity index (χ1) is 12.8. The van der Waals surface area contributed by atoms with Crippen molar-refractivity contribution in [2.45, 2.75) is 0 Å². The van der Waals surface area contributed by atoms with Crippen molar-refractivity contribution in [3.63, 3.8) is 0 Å². The van der Waals surface area contributed by atoms with E-state index in [4.69, 9.17) is 38.6 Å². The molecular weight excluding hydrogens is 344 g/mol. The van der Waals surface area contributed by atoms with Gasteiger partial charge in [0.2, 0.25) is 0 Å². The molecule has 0 bridgehead atoms. The molecule has 1 aromatic rings. The highest BCUT2D eigenvalue weighted by molar-refractivity contribution is 5.29. The third-order valence-electron chi connectivity index (χ3n) is 3.06. The van der Waals surface area contributed by atoms with Crippen LogP contribution < -0.4 is 4.74 Å². The van der Waals surface area contributed by atoms with Gasteiger partial charge in [0.05, 0.1) is 72.7 Å². The molecule has 8 nitrogen and oxygen atoms in total. The summed E-state index contributed by atoms with van der Waals surface area (Å²) < 4.78 is 31.9. The van der Waals surface area contributed by atoms with Gasteiger partial charge < -0.3 is 38.6 Å². The number of phenolic OH excluding ortho intramolecular Hbond substituents is 1. The largest absolute Gasteiger partial charge is 0.508 e. The van der Waals surface area contributed by atoms with E-state index in [1.54, 1.807) is 24.3 Å². The van der Waals surface area contributed by atoms with E-state index in [1.807, 2.05) is 0 Å². The maximum Gasteiger partial charge on any atom is 0.119 e. The van der Waals surface area contributed by atoms with Gasteiger partial charge in [-0.2, -0.15) is 0 Å². The Morgan fingerprint density at radius 3 is 1.35 bits per heavy atom. The zero-order chi connectivity index (χ0) is 18.7. The quantitative estimate of drug-likeness (QED) is 0.365. The molecule has 0 aliphatic heterocycles. The van der Waals surface area contributed by atoms with Crippen molar-refractivity contribution in [3.8, 4) is 11.5 Å². The molecule has 1 aromatic carbocycles. The van der Waals surface area contributed by atoms with E-state index < -0.39 is 0 Å². The van der Waals surface area contributed by atoms with Crippen LogP contribution in [0.1, 0.15) is 0 Å². The van der Waals surface area contributed by atoms with E-state index in [-0.39, 0.29) is 12.4 Å². The SMILES string of the molecule is OCCOCCOCCOCCOCCOCCOc1ccc(O)cc1. The van der Waals surface area contributed by atoms with Gasteiger partial charge in [-0.15, -0.1) is 0 Å². The molecule has 0 atom stereocenters. The molecule has 0 saturated heterocycles. The van der Waals surface area contributed by atoms with Gasteiger partial charge >= 0.3 is 0 Å². The van der Waals surface area contributed by atoms with Crippen molar-refractivity contribution < 1.29 is 38.6 Å². The number of phenols is 1. The molecule has 0 spiro atoms. The molecule has 0 aliphatic rings. The van der Waals surface area contributed by atoms with Crippen molar-refractivity contribution in [1.29, 1.82) is 0 Å². The van der Waals surface area contributed by atoms with Gasteiger partial charge in [0, 0.05) is 0 Å². The molecular formula is C18H30O8. The predicted molar refractivity (Wildman–Crippen MR) is 94.8 cm³/mol. The molecule has 0 unspecified atom stereocenters. The lowest BCUT2D eigenvalue weighted by Gasteiger charge is -2.08. The monoisotopic (exact) mass is 374 g/mol. The molecule has 2 N–H and O–H groups in total. The van der Waals surface area contributed by atoms with Crippen molar-refractivity contribution in [2.75, 3.05) is 79.3 Å². The molecule has 0 saturated carbocycles. The van der Waals surface area contributed by atoms with Crippen LogP contribution in [0.15, 0.2) is 24.3 Å². The Morgan fingerprint density at radius 2 is 0.923 bits per heavy atom. The highest BCUT2D eigenvalue weighted by Gasteiger charge is 1.95. The molecule has 26 heavy (non-hydrogen) atoms. The van der Waals surface area contributed by atoms with Crippen LogP contribution in [0.2, 0.25) is 0 Å². The average molecular weight is 374 g/mol. The van der Waals surface area contributed by atoms with Crippen LogP contribution in [0.3, 0.4) is 0 Å². The fraction of sp³-hybridized carbons (Fsp3) is 0.667. The van der Waals surface area contributed by atoms with E-state index >= 15 is 0 Å². The Kier molecular flexibility index (Phi) is 14.8. The molecule has 0 fully saturated rings. The minimum Gasteiger partial charge on any atom is -0.508 e. The minimum atomic E-state index is 0.0295. The third kappa shape index (κ3) is 13.8. The Morgan fingerprint density at radius 1 is 0.538 bits per heavy atom. The summed E-state index contributed by atoms with van der Waals surface area (Å²) in [6.07, 6.45) is 0. The van der Waals surface area contributed by atoms with Crippen molar-refractivity contribution >= 4 is 0 Å². The molecule has 150 valence electrons. The van der Waals surface area contributed by atoms with Gasteiger partial charge in [-0.3, -0.25) is 0 Å². The number of aliphatic hydroxyl groups is 1. The molecule has 1 rings (SSSR count). The maximum atomic E-state index is 9.16. The van der Waals surface area contributed by atoms with Gasteiger partial charge in [-0.25, -0.2) is 0 Å². The summed E-state index contributed by atoms with van der Waals surface area (Å²) in [6.45, 7) is 5.28. The van der Waals surface area contributed by atoms with Crippen molar-refractivity contribution in [3.05, 3.63) is 24.3 Å². The zero-order valence-corrected chi connectivity index (χ0v) is 15.1. The van der Waals surface area contributed by atoms with Gasteiger partial charge in [0.25, 0.3) is 0 Å². The number of hydrogen-bond donors (Lipinski definition) is 2. The smallest absolute Gasteiger partial charge is 0.119 e. The van der Waals surface area contributed by atoms with Crippen molar-refractivity contribution in [2.24, 2.45) is 0 Å². The lowest BCUT2D eigenvalue weighted by Crippen LogP contribution is -2.14. The molecule has 0 radical (unpaired) electrons. The summed E-state index contributed by atoms with van der Waals surface area (Å²) in [7, 11) is 0. The average Bonchev–Trinajstić information content (AvgIpc) is 2.66. The fourth-order valence-electron chi connectivity index (χ4n) is 1.81. The first-order valence-electron chi connectivity index (χ1n) is 8.74. The van der Waals surface area contributed by atoms with Crippen LogP contribution in [0.4, 0.5) is 0 Å². The van der Waals surface area contributed by atoms with Crippen LogP contribution in [0.5, 0.6) is 11.5 Å². The molecule has 0 amide bonds. The van der Waals surface area contributed by atoms with E-state index in [9.17, 15) is 0 Å². The van der Waals surface area contributed by atoms with Gasteiger partial charge in [0.1, 0.15) is 18.1 Å². The lowest BCUT2D eigenvalue weighted by molar-refractivity contribution is -0.0146.